The maximum atomic E-state index is 14.1. The highest BCUT2D eigenvalue weighted by molar-refractivity contribution is 6.32. The van der Waals surface area contributed by atoms with Crippen molar-refractivity contribution in [1.29, 1.82) is 0 Å². The lowest BCUT2D eigenvalue weighted by Crippen LogP contribution is -2.56. The Hall–Kier alpha value is -0.800. The van der Waals surface area contributed by atoms with Gasteiger partial charge in [0.1, 0.15) is 17.7 Å². The fraction of sp³-hybridized carbons (Fsp3) is 0.611. The van der Waals surface area contributed by atoms with E-state index < -0.39 is 5.82 Å². The second-order valence-corrected chi connectivity index (χ2v) is 8.73. The van der Waals surface area contributed by atoms with Crippen LogP contribution in [0.4, 0.5) is 4.39 Å². The standard InChI is InChI=1S/C18H19Cl2FO2/c1-9(22)13-4-14(19)16(5-15(13)21)23-17-11-2-10-3-12(17)8-18(20,6-10)7-11/h4-5,10-12,17H,2-3,6-8H2,1H3. The van der Waals surface area contributed by atoms with Crippen molar-refractivity contribution in [1.82, 2.24) is 0 Å². The summed E-state index contributed by atoms with van der Waals surface area (Å²) in [5, 5.41) is 0.297. The van der Waals surface area contributed by atoms with Gasteiger partial charge in [0.25, 0.3) is 0 Å². The molecule has 4 bridgehead atoms. The van der Waals surface area contributed by atoms with Gasteiger partial charge in [-0.1, -0.05) is 11.6 Å². The van der Waals surface area contributed by atoms with Crippen molar-refractivity contribution in [2.45, 2.75) is 50.0 Å². The SMILES string of the molecule is CC(=O)c1cc(Cl)c(OC2C3CC4CC2CC(Cl)(C4)C3)cc1F. The van der Waals surface area contributed by atoms with Crippen molar-refractivity contribution in [2.24, 2.45) is 17.8 Å². The predicted octanol–water partition coefficient (Wildman–Crippen LogP) is 5.25. The van der Waals surface area contributed by atoms with Crippen molar-refractivity contribution in [3.05, 3.63) is 28.5 Å². The van der Waals surface area contributed by atoms with Crippen LogP contribution in [0.25, 0.3) is 0 Å². The van der Waals surface area contributed by atoms with Gasteiger partial charge in [0, 0.05) is 10.9 Å². The summed E-state index contributed by atoms with van der Waals surface area (Å²) in [6.07, 6.45) is 5.40. The number of hydrogen-bond acceptors (Lipinski definition) is 2. The molecule has 0 spiro atoms. The number of hydrogen-bond donors (Lipinski definition) is 0. The quantitative estimate of drug-likeness (QED) is 0.546. The molecule has 2 atom stereocenters. The number of alkyl halides is 1. The summed E-state index contributed by atoms with van der Waals surface area (Å²) in [6, 6.07) is 2.62. The van der Waals surface area contributed by atoms with Crippen molar-refractivity contribution in [3.63, 3.8) is 0 Å². The third-order valence-electron chi connectivity index (χ3n) is 5.78. The molecule has 0 heterocycles. The summed E-state index contributed by atoms with van der Waals surface area (Å²) in [6.45, 7) is 1.33. The minimum atomic E-state index is -0.575. The average molecular weight is 357 g/mol. The summed E-state index contributed by atoms with van der Waals surface area (Å²) in [5.74, 6) is 0.979. The molecule has 5 rings (SSSR count). The molecular weight excluding hydrogens is 338 g/mol. The summed E-state index contributed by atoms with van der Waals surface area (Å²) >= 11 is 12.9. The maximum absolute atomic E-state index is 14.1. The zero-order chi connectivity index (χ0) is 16.4. The van der Waals surface area contributed by atoms with Gasteiger partial charge in [-0.05, 0) is 62.8 Å². The molecule has 4 aliphatic rings. The molecule has 5 heteroatoms. The van der Waals surface area contributed by atoms with Crippen LogP contribution < -0.4 is 4.74 Å². The largest absolute Gasteiger partial charge is 0.488 e. The normalized spacial score (nSPS) is 37.9. The zero-order valence-electron chi connectivity index (χ0n) is 13.0. The number of Topliss-reactive ketones (excluding diaryl/α,β-unsaturated/α-hetero) is 1. The Bertz CT molecular complexity index is 659. The van der Waals surface area contributed by atoms with E-state index in [9.17, 15) is 9.18 Å². The number of benzene rings is 1. The fourth-order valence-corrected chi connectivity index (χ4v) is 5.93. The van der Waals surface area contributed by atoms with E-state index in [1.54, 1.807) is 0 Å². The number of ketones is 1. The Kier molecular flexibility index (Phi) is 3.66. The first-order valence-electron chi connectivity index (χ1n) is 8.20. The maximum Gasteiger partial charge on any atom is 0.162 e. The Labute approximate surface area is 145 Å². The van der Waals surface area contributed by atoms with Crippen LogP contribution >= 0.6 is 23.2 Å². The highest BCUT2D eigenvalue weighted by atomic mass is 35.5. The van der Waals surface area contributed by atoms with E-state index in [2.05, 4.69) is 0 Å². The Morgan fingerprint density at radius 3 is 2.48 bits per heavy atom. The van der Waals surface area contributed by atoms with Gasteiger partial charge in [-0.25, -0.2) is 4.39 Å². The molecule has 124 valence electrons. The van der Waals surface area contributed by atoms with Gasteiger partial charge >= 0.3 is 0 Å². The molecule has 0 amide bonds. The number of carbonyl (C=O) groups excluding carboxylic acids is 1. The third kappa shape index (κ3) is 2.66. The summed E-state index contributed by atoms with van der Waals surface area (Å²) < 4.78 is 20.2. The monoisotopic (exact) mass is 356 g/mol. The van der Waals surface area contributed by atoms with Crippen molar-refractivity contribution in [2.75, 3.05) is 0 Å². The summed E-state index contributed by atoms with van der Waals surface area (Å²) in [5.41, 5.74) is 0.00661. The predicted molar refractivity (Wildman–Crippen MR) is 88.0 cm³/mol. The molecule has 0 N–H and O–H groups in total. The van der Waals surface area contributed by atoms with E-state index in [4.69, 9.17) is 27.9 Å². The van der Waals surface area contributed by atoms with Gasteiger partial charge in [-0.3, -0.25) is 4.79 Å². The van der Waals surface area contributed by atoms with E-state index in [0.717, 1.165) is 32.1 Å². The Morgan fingerprint density at radius 1 is 1.26 bits per heavy atom. The van der Waals surface area contributed by atoms with E-state index in [0.29, 0.717) is 28.5 Å². The van der Waals surface area contributed by atoms with Gasteiger partial charge in [-0.15, -0.1) is 11.6 Å². The molecule has 23 heavy (non-hydrogen) atoms. The van der Waals surface area contributed by atoms with Crippen molar-refractivity contribution >= 4 is 29.0 Å². The minimum absolute atomic E-state index is 0.00661. The lowest BCUT2D eigenvalue weighted by Gasteiger charge is -2.57. The van der Waals surface area contributed by atoms with Crippen LogP contribution in [-0.2, 0) is 0 Å². The molecule has 4 fully saturated rings. The average Bonchev–Trinajstić information content (AvgIpc) is 2.43. The number of ether oxygens (including phenoxy) is 1. The highest BCUT2D eigenvalue weighted by Gasteiger charge is 2.55. The lowest BCUT2D eigenvalue weighted by molar-refractivity contribution is -0.0697. The molecule has 0 saturated heterocycles. The van der Waals surface area contributed by atoms with Crippen LogP contribution in [0.2, 0.25) is 5.02 Å². The van der Waals surface area contributed by atoms with Gasteiger partial charge in [0.05, 0.1) is 10.6 Å². The van der Waals surface area contributed by atoms with Crippen LogP contribution in [0.3, 0.4) is 0 Å². The van der Waals surface area contributed by atoms with E-state index in [-0.39, 0.29) is 22.3 Å². The second kappa shape index (κ2) is 5.35. The van der Waals surface area contributed by atoms with E-state index in [1.165, 1.54) is 19.1 Å². The van der Waals surface area contributed by atoms with Gasteiger partial charge in [0.2, 0.25) is 0 Å². The number of carbonyl (C=O) groups is 1. The topological polar surface area (TPSA) is 26.3 Å². The molecule has 0 radical (unpaired) electrons. The molecule has 0 aromatic heterocycles. The van der Waals surface area contributed by atoms with Crippen LogP contribution in [-0.4, -0.2) is 16.8 Å². The first-order chi connectivity index (χ1) is 10.8. The molecule has 2 unspecified atom stereocenters. The molecule has 4 saturated carbocycles. The zero-order valence-corrected chi connectivity index (χ0v) is 14.5. The van der Waals surface area contributed by atoms with E-state index >= 15 is 0 Å². The van der Waals surface area contributed by atoms with Gasteiger partial charge in [0.15, 0.2) is 5.78 Å². The fourth-order valence-electron chi connectivity index (χ4n) is 5.11. The highest BCUT2D eigenvalue weighted by Crippen LogP contribution is 2.59. The van der Waals surface area contributed by atoms with Gasteiger partial charge in [-0.2, -0.15) is 0 Å². The molecule has 2 nitrogen and oxygen atoms in total. The first kappa shape index (κ1) is 15.7. The van der Waals surface area contributed by atoms with E-state index in [1.807, 2.05) is 0 Å². The van der Waals surface area contributed by atoms with Crippen LogP contribution in [0.5, 0.6) is 5.75 Å². The number of rotatable bonds is 3. The van der Waals surface area contributed by atoms with Crippen molar-refractivity contribution < 1.29 is 13.9 Å². The van der Waals surface area contributed by atoms with Gasteiger partial charge < -0.3 is 4.74 Å². The van der Waals surface area contributed by atoms with Crippen LogP contribution in [0.15, 0.2) is 12.1 Å². The summed E-state index contributed by atoms with van der Waals surface area (Å²) in [7, 11) is 0. The first-order valence-corrected chi connectivity index (χ1v) is 8.96. The van der Waals surface area contributed by atoms with Crippen molar-refractivity contribution in [3.8, 4) is 5.75 Å². The second-order valence-electron chi connectivity index (χ2n) is 7.52. The lowest BCUT2D eigenvalue weighted by atomic mass is 9.54. The molecule has 1 aromatic rings. The smallest absolute Gasteiger partial charge is 0.162 e. The molecule has 4 aliphatic carbocycles. The minimum Gasteiger partial charge on any atom is -0.488 e. The third-order valence-corrected chi connectivity index (χ3v) is 6.53. The Balaban J connectivity index is 1.60. The Morgan fingerprint density at radius 2 is 1.91 bits per heavy atom. The molecule has 0 aliphatic heterocycles. The summed E-state index contributed by atoms with van der Waals surface area (Å²) in [4.78, 5) is 11.3. The molecule has 1 aromatic carbocycles. The number of halogens is 3. The van der Waals surface area contributed by atoms with Crippen LogP contribution in [0.1, 0.15) is 49.4 Å². The molecular formula is C18H19Cl2FO2. The van der Waals surface area contributed by atoms with Crippen LogP contribution in [0, 0.1) is 23.6 Å².